The average molecular weight is 219 g/mol. The van der Waals surface area contributed by atoms with E-state index in [1.54, 1.807) is 23.3 Å². The number of hydrogen-bond donors (Lipinski definition) is 1. The maximum absolute atomic E-state index is 5.00. The van der Waals surface area contributed by atoms with Crippen molar-refractivity contribution in [2.24, 2.45) is 5.10 Å². The Bertz CT molecular complexity index is 525. The third-order valence-electron chi connectivity index (χ3n) is 1.82. The second-order valence-electron chi connectivity index (χ2n) is 2.92. The van der Waals surface area contributed by atoms with E-state index in [0.717, 1.165) is 11.4 Å². The molecule has 6 heteroatoms. The van der Waals surface area contributed by atoms with Crippen LogP contribution in [-0.2, 0) is 0 Å². The molecule has 5 nitrogen and oxygen atoms in total. The standard InChI is InChI=1S/C9H9N5S/c1-7-12-13-9(15)14(7)11-6-8-3-2-4-10-5-8/h2-6H,1H3,(H,13,15). The van der Waals surface area contributed by atoms with Gasteiger partial charge in [-0.1, -0.05) is 6.07 Å². The summed E-state index contributed by atoms with van der Waals surface area (Å²) in [5.74, 6) is 0.722. The van der Waals surface area contributed by atoms with Crippen molar-refractivity contribution < 1.29 is 0 Å². The van der Waals surface area contributed by atoms with Crippen molar-refractivity contribution in [1.82, 2.24) is 19.9 Å². The maximum Gasteiger partial charge on any atom is 0.216 e. The van der Waals surface area contributed by atoms with Gasteiger partial charge in [0.1, 0.15) is 5.82 Å². The van der Waals surface area contributed by atoms with Crippen molar-refractivity contribution in [3.63, 3.8) is 0 Å². The largest absolute Gasteiger partial charge is 0.264 e. The molecule has 0 atom stereocenters. The number of hydrogen-bond acceptors (Lipinski definition) is 4. The highest BCUT2D eigenvalue weighted by atomic mass is 32.1. The normalized spacial score (nSPS) is 11.0. The molecule has 0 bridgehead atoms. The van der Waals surface area contributed by atoms with E-state index >= 15 is 0 Å². The van der Waals surface area contributed by atoms with E-state index < -0.39 is 0 Å². The molecule has 2 rings (SSSR count). The third kappa shape index (κ3) is 2.16. The van der Waals surface area contributed by atoms with Gasteiger partial charge in [-0.15, -0.1) is 0 Å². The molecule has 0 spiro atoms. The van der Waals surface area contributed by atoms with Crippen LogP contribution in [0.5, 0.6) is 0 Å². The minimum absolute atomic E-state index is 0.479. The molecule has 0 aliphatic heterocycles. The van der Waals surface area contributed by atoms with Gasteiger partial charge >= 0.3 is 0 Å². The summed E-state index contributed by atoms with van der Waals surface area (Å²) in [5.41, 5.74) is 0.917. The molecule has 0 fully saturated rings. The third-order valence-corrected chi connectivity index (χ3v) is 2.08. The number of pyridine rings is 1. The van der Waals surface area contributed by atoms with Crippen LogP contribution in [0.2, 0.25) is 0 Å². The van der Waals surface area contributed by atoms with Crippen molar-refractivity contribution >= 4 is 18.4 Å². The van der Waals surface area contributed by atoms with Gasteiger partial charge in [0, 0.05) is 18.0 Å². The van der Waals surface area contributed by atoms with Crippen molar-refractivity contribution in [2.75, 3.05) is 0 Å². The van der Waals surface area contributed by atoms with Crippen LogP contribution in [0.1, 0.15) is 11.4 Å². The lowest BCUT2D eigenvalue weighted by atomic mass is 10.3. The van der Waals surface area contributed by atoms with Crippen LogP contribution in [0.15, 0.2) is 29.6 Å². The number of H-pyrrole nitrogens is 1. The predicted molar refractivity (Wildman–Crippen MR) is 59.4 cm³/mol. The zero-order valence-electron chi connectivity index (χ0n) is 8.08. The molecule has 2 heterocycles. The number of aryl methyl sites for hydroxylation is 1. The van der Waals surface area contributed by atoms with Crippen molar-refractivity contribution in [1.29, 1.82) is 0 Å². The molecule has 0 aliphatic rings. The highest BCUT2D eigenvalue weighted by molar-refractivity contribution is 7.71. The summed E-state index contributed by atoms with van der Waals surface area (Å²) in [4.78, 5) is 3.98. The van der Waals surface area contributed by atoms with E-state index in [1.165, 1.54) is 0 Å². The summed E-state index contributed by atoms with van der Waals surface area (Å²) in [7, 11) is 0. The fourth-order valence-corrected chi connectivity index (χ4v) is 1.31. The van der Waals surface area contributed by atoms with Crippen LogP contribution in [0.25, 0.3) is 0 Å². The Hall–Kier alpha value is -1.82. The molecule has 0 unspecified atom stereocenters. The number of nitrogens with zero attached hydrogens (tertiary/aromatic N) is 4. The molecule has 0 aliphatic carbocycles. The monoisotopic (exact) mass is 219 g/mol. The minimum atomic E-state index is 0.479. The van der Waals surface area contributed by atoms with Gasteiger partial charge in [0.15, 0.2) is 0 Å². The van der Waals surface area contributed by atoms with Gasteiger partial charge in [-0.25, -0.2) is 0 Å². The first-order valence-electron chi connectivity index (χ1n) is 4.36. The van der Waals surface area contributed by atoms with Crippen molar-refractivity contribution in [2.45, 2.75) is 6.92 Å². The SMILES string of the molecule is Cc1n[nH]c(=S)n1N=Cc1cccnc1. The summed E-state index contributed by atoms with van der Waals surface area (Å²) in [6.07, 6.45) is 5.12. The Kier molecular flexibility index (Phi) is 2.68. The van der Waals surface area contributed by atoms with Crippen LogP contribution < -0.4 is 0 Å². The lowest BCUT2D eigenvalue weighted by molar-refractivity contribution is 0.820. The first-order valence-corrected chi connectivity index (χ1v) is 4.76. The molecule has 15 heavy (non-hydrogen) atoms. The number of rotatable bonds is 2. The van der Waals surface area contributed by atoms with Crippen molar-refractivity contribution in [3.05, 3.63) is 40.7 Å². The van der Waals surface area contributed by atoms with Gasteiger partial charge in [-0.3, -0.25) is 10.1 Å². The lowest BCUT2D eigenvalue weighted by Gasteiger charge is -1.93. The van der Waals surface area contributed by atoms with Crippen molar-refractivity contribution in [3.8, 4) is 0 Å². The molecule has 0 saturated heterocycles. The van der Waals surface area contributed by atoms with Crippen LogP contribution >= 0.6 is 12.2 Å². The Morgan fingerprint density at radius 3 is 3.07 bits per heavy atom. The summed E-state index contributed by atoms with van der Waals surface area (Å²) < 4.78 is 2.04. The van der Waals surface area contributed by atoms with Crippen LogP contribution in [0, 0.1) is 11.7 Å². The number of aromatic amines is 1. The Balaban J connectivity index is 2.30. The molecule has 2 aromatic rings. The van der Waals surface area contributed by atoms with Crippen LogP contribution in [-0.4, -0.2) is 26.1 Å². The Morgan fingerprint density at radius 2 is 2.47 bits per heavy atom. The zero-order chi connectivity index (χ0) is 10.7. The molecule has 2 aromatic heterocycles. The van der Waals surface area contributed by atoms with Crippen LogP contribution in [0.3, 0.4) is 0 Å². The van der Waals surface area contributed by atoms with E-state index in [0.29, 0.717) is 4.77 Å². The fourth-order valence-electron chi connectivity index (χ4n) is 1.08. The molecule has 1 N–H and O–H groups in total. The quantitative estimate of drug-likeness (QED) is 0.615. The topological polar surface area (TPSA) is 58.9 Å². The summed E-state index contributed by atoms with van der Waals surface area (Å²) in [6, 6.07) is 3.76. The first kappa shape index (κ1) is 9.72. The van der Waals surface area contributed by atoms with Gasteiger partial charge in [-0.2, -0.15) is 14.9 Å². The second-order valence-corrected chi connectivity index (χ2v) is 3.31. The second kappa shape index (κ2) is 4.14. The Labute approximate surface area is 91.5 Å². The van der Waals surface area contributed by atoms with Gasteiger partial charge in [-0.05, 0) is 25.2 Å². The molecule has 0 aromatic carbocycles. The van der Waals surface area contributed by atoms with E-state index in [2.05, 4.69) is 20.3 Å². The van der Waals surface area contributed by atoms with E-state index in [1.807, 2.05) is 19.1 Å². The van der Waals surface area contributed by atoms with E-state index in [9.17, 15) is 0 Å². The molecule has 76 valence electrons. The molecule has 0 saturated carbocycles. The lowest BCUT2D eigenvalue weighted by Crippen LogP contribution is -1.93. The smallest absolute Gasteiger partial charge is 0.216 e. The summed E-state index contributed by atoms with van der Waals surface area (Å²) >= 11 is 5.00. The summed E-state index contributed by atoms with van der Waals surface area (Å²) in [5, 5.41) is 10.8. The highest BCUT2D eigenvalue weighted by Crippen LogP contribution is 1.96. The number of aromatic nitrogens is 4. The van der Waals surface area contributed by atoms with E-state index in [4.69, 9.17) is 12.2 Å². The summed E-state index contributed by atoms with van der Waals surface area (Å²) in [6.45, 7) is 1.83. The molecular formula is C9H9N5S. The molecule has 0 amide bonds. The fraction of sp³-hybridized carbons (Fsp3) is 0.111. The predicted octanol–water partition coefficient (Wildman–Crippen LogP) is 1.53. The van der Waals surface area contributed by atoms with Gasteiger partial charge in [0.25, 0.3) is 0 Å². The van der Waals surface area contributed by atoms with Gasteiger partial charge < -0.3 is 0 Å². The zero-order valence-corrected chi connectivity index (χ0v) is 8.90. The highest BCUT2D eigenvalue weighted by Gasteiger charge is 1.96. The molecule has 0 radical (unpaired) electrons. The number of nitrogens with one attached hydrogen (secondary N) is 1. The van der Waals surface area contributed by atoms with Crippen LogP contribution in [0.4, 0.5) is 0 Å². The maximum atomic E-state index is 5.00. The van der Waals surface area contributed by atoms with Gasteiger partial charge in [0.05, 0.1) is 6.21 Å². The molecular weight excluding hydrogens is 210 g/mol. The van der Waals surface area contributed by atoms with Gasteiger partial charge in [0.2, 0.25) is 4.77 Å². The van der Waals surface area contributed by atoms with E-state index in [-0.39, 0.29) is 0 Å². The minimum Gasteiger partial charge on any atom is -0.264 e. The average Bonchev–Trinajstić information content (AvgIpc) is 2.58. The first-order chi connectivity index (χ1) is 7.27. The Morgan fingerprint density at radius 1 is 1.60 bits per heavy atom.